The standard InChI is InChI=1S/C11H15N3/c1-7-2-3-10-8(4-7)5-11(14-10)9(13)6-12/h2-5,9,14H,6,12-13H2,1H3. The van der Waals surface area contributed by atoms with Crippen molar-refractivity contribution >= 4 is 10.9 Å². The minimum Gasteiger partial charge on any atom is -0.357 e. The van der Waals surface area contributed by atoms with E-state index in [1.165, 1.54) is 10.9 Å². The van der Waals surface area contributed by atoms with Gasteiger partial charge in [-0.15, -0.1) is 0 Å². The molecule has 0 amide bonds. The maximum Gasteiger partial charge on any atom is 0.0572 e. The average Bonchev–Trinajstić information content (AvgIpc) is 2.59. The number of aromatic nitrogens is 1. The van der Waals surface area contributed by atoms with Gasteiger partial charge in [0.15, 0.2) is 0 Å². The van der Waals surface area contributed by atoms with Crippen molar-refractivity contribution in [2.75, 3.05) is 6.54 Å². The number of nitrogens with two attached hydrogens (primary N) is 2. The van der Waals surface area contributed by atoms with Gasteiger partial charge < -0.3 is 16.5 Å². The lowest BCUT2D eigenvalue weighted by Gasteiger charge is -2.03. The summed E-state index contributed by atoms with van der Waals surface area (Å²) in [5, 5.41) is 1.20. The highest BCUT2D eigenvalue weighted by Crippen LogP contribution is 2.19. The molecule has 0 spiro atoms. The Morgan fingerprint density at radius 3 is 2.86 bits per heavy atom. The summed E-state index contributed by atoms with van der Waals surface area (Å²) in [5.41, 5.74) is 14.7. The second kappa shape index (κ2) is 3.44. The van der Waals surface area contributed by atoms with E-state index in [2.05, 4.69) is 36.2 Å². The zero-order valence-electron chi connectivity index (χ0n) is 8.25. The van der Waals surface area contributed by atoms with Crippen LogP contribution in [-0.2, 0) is 0 Å². The molecule has 0 aliphatic rings. The van der Waals surface area contributed by atoms with Crippen LogP contribution in [0.2, 0.25) is 0 Å². The van der Waals surface area contributed by atoms with E-state index < -0.39 is 0 Å². The zero-order valence-corrected chi connectivity index (χ0v) is 8.25. The van der Waals surface area contributed by atoms with E-state index in [1.807, 2.05) is 0 Å². The number of hydrogen-bond donors (Lipinski definition) is 3. The van der Waals surface area contributed by atoms with Crippen molar-refractivity contribution in [1.82, 2.24) is 4.98 Å². The fraction of sp³-hybridized carbons (Fsp3) is 0.273. The van der Waals surface area contributed by atoms with E-state index in [0.29, 0.717) is 6.54 Å². The van der Waals surface area contributed by atoms with E-state index >= 15 is 0 Å². The molecule has 1 aromatic carbocycles. The van der Waals surface area contributed by atoms with Gasteiger partial charge in [-0.05, 0) is 30.5 Å². The van der Waals surface area contributed by atoms with E-state index in [9.17, 15) is 0 Å². The summed E-state index contributed by atoms with van der Waals surface area (Å²) in [6.45, 7) is 2.54. The number of aryl methyl sites for hydroxylation is 1. The number of fused-ring (bicyclic) bond motifs is 1. The van der Waals surface area contributed by atoms with Crippen LogP contribution in [0.1, 0.15) is 17.3 Å². The molecule has 2 aromatic rings. The highest BCUT2D eigenvalue weighted by Gasteiger charge is 2.06. The summed E-state index contributed by atoms with van der Waals surface area (Å²) in [4.78, 5) is 3.27. The molecule has 2 rings (SSSR count). The predicted molar refractivity (Wildman–Crippen MR) is 59.0 cm³/mol. The summed E-state index contributed by atoms with van der Waals surface area (Å²) in [5.74, 6) is 0. The third kappa shape index (κ3) is 1.52. The highest BCUT2D eigenvalue weighted by molar-refractivity contribution is 5.81. The van der Waals surface area contributed by atoms with Gasteiger partial charge in [0.1, 0.15) is 0 Å². The number of aromatic amines is 1. The molecule has 1 unspecified atom stereocenters. The number of benzene rings is 1. The van der Waals surface area contributed by atoms with Crippen LogP contribution < -0.4 is 11.5 Å². The molecule has 0 radical (unpaired) electrons. The maximum absolute atomic E-state index is 5.84. The normalized spacial score (nSPS) is 13.4. The molecule has 1 aromatic heterocycles. The van der Waals surface area contributed by atoms with Gasteiger partial charge in [0.2, 0.25) is 0 Å². The molecule has 3 nitrogen and oxygen atoms in total. The van der Waals surface area contributed by atoms with Crippen LogP contribution in [0.3, 0.4) is 0 Å². The summed E-state index contributed by atoms with van der Waals surface area (Å²) in [6, 6.07) is 8.26. The summed E-state index contributed by atoms with van der Waals surface area (Å²) in [7, 11) is 0. The maximum atomic E-state index is 5.84. The molecule has 74 valence electrons. The van der Waals surface area contributed by atoms with Crippen molar-refractivity contribution < 1.29 is 0 Å². The van der Waals surface area contributed by atoms with Gasteiger partial charge in [-0.2, -0.15) is 0 Å². The first-order chi connectivity index (χ1) is 6.70. The number of nitrogens with one attached hydrogen (secondary N) is 1. The van der Waals surface area contributed by atoms with Gasteiger partial charge in [0.25, 0.3) is 0 Å². The Labute approximate surface area is 83.1 Å². The van der Waals surface area contributed by atoms with Crippen LogP contribution in [0.15, 0.2) is 24.3 Å². The van der Waals surface area contributed by atoms with E-state index in [4.69, 9.17) is 11.5 Å². The van der Waals surface area contributed by atoms with Gasteiger partial charge in [-0.3, -0.25) is 0 Å². The molecule has 0 aliphatic carbocycles. The molecule has 0 saturated carbocycles. The van der Waals surface area contributed by atoms with Crippen LogP contribution in [0.25, 0.3) is 10.9 Å². The SMILES string of the molecule is Cc1ccc2[nH]c(C(N)CN)cc2c1. The molecular weight excluding hydrogens is 174 g/mol. The van der Waals surface area contributed by atoms with Gasteiger partial charge in [-0.25, -0.2) is 0 Å². The van der Waals surface area contributed by atoms with Crippen molar-refractivity contribution in [3.8, 4) is 0 Å². The number of hydrogen-bond acceptors (Lipinski definition) is 2. The van der Waals surface area contributed by atoms with Crippen molar-refractivity contribution in [1.29, 1.82) is 0 Å². The van der Waals surface area contributed by atoms with E-state index in [-0.39, 0.29) is 6.04 Å². The van der Waals surface area contributed by atoms with Gasteiger partial charge in [-0.1, -0.05) is 11.6 Å². The monoisotopic (exact) mass is 189 g/mol. The molecular formula is C11H15N3. The molecule has 5 N–H and O–H groups in total. The van der Waals surface area contributed by atoms with Crippen molar-refractivity contribution in [3.05, 3.63) is 35.5 Å². The number of H-pyrrole nitrogens is 1. The Hall–Kier alpha value is -1.32. The average molecular weight is 189 g/mol. The molecule has 1 atom stereocenters. The molecule has 0 aliphatic heterocycles. The fourth-order valence-corrected chi connectivity index (χ4v) is 1.60. The topological polar surface area (TPSA) is 67.8 Å². The molecule has 0 bridgehead atoms. The van der Waals surface area contributed by atoms with Crippen LogP contribution in [0.4, 0.5) is 0 Å². The van der Waals surface area contributed by atoms with Crippen molar-refractivity contribution in [2.45, 2.75) is 13.0 Å². The second-order valence-electron chi connectivity index (χ2n) is 3.66. The Morgan fingerprint density at radius 1 is 1.36 bits per heavy atom. The quantitative estimate of drug-likeness (QED) is 0.669. The van der Waals surface area contributed by atoms with Crippen molar-refractivity contribution in [2.24, 2.45) is 11.5 Å². The van der Waals surface area contributed by atoms with E-state index in [1.54, 1.807) is 0 Å². The lowest BCUT2D eigenvalue weighted by molar-refractivity contribution is 0.718. The first-order valence-electron chi connectivity index (χ1n) is 4.75. The minimum atomic E-state index is -0.0947. The Balaban J connectivity index is 2.51. The second-order valence-corrected chi connectivity index (χ2v) is 3.66. The molecule has 3 heteroatoms. The third-order valence-electron chi connectivity index (χ3n) is 2.45. The van der Waals surface area contributed by atoms with Crippen LogP contribution in [-0.4, -0.2) is 11.5 Å². The first-order valence-corrected chi connectivity index (χ1v) is 4.75. The van der Waals surface area contributed by atoms with Crippen LogP contribution in [0, 0.1) is 6.92 Å². The molecule has 14 heavy (non-hydrogen) atoms. The van der Waals surface area contributed by atoms with Gasteiger partial charge >= 0.3 is 0 Å². The van der Waals surface area contributed by atoms with Crippen LogP contribution in [0.5, 0.6) is 0 Å². The molecule has 0 saturated heterocycles. The largest absolute Gasteiger partial charge is 0.357 e. The van der Waals surface area contributed by atoms with E-state index in [0.717, 1.165) is 11.2 Å². The summed E-state index contributed by atoms with van der Waals surface area (Å²) in [6.07, 6.45) is 0. The van der Waals surface area contributed by atoms with Gasteiger partial charge in [0.05, 0.1) is 6.04 Å². The summed E-state index contributed by atoms with van der Waals surface area (Å²) >= 11 is 0. The Bertz CT molecular complexity index is 445. The van der Waals surface area contributed by atoms with Crippen LogP contribution >= 0.6 is 0 Å². The fourth-order valence-electron chi connectivity index (χ4n) is 1.60. The Morgan fingerprint density at radius 2 is 2.14 bits per heavy atom. The zero-order chi connectivity index (χ0) is 10.1. The molecule has 0 fully saturated rings. The van der Waals surface area contributed by atoms with Crippen molar-refractivity contribution in [3.63, 3.8) is 0 Å². The summed E-state index contributed by atoms with van der Waals surface area (Å²) < 4.78 is 0. The lowest BCUT2D eigenvalue weighted by Crippen LogP contribution is -2.20. The minimum absolute atomic E-state index is 0.0947. The number of rotatable bonds is 2. The predicted octanol–water partition coefficient (Wildman–Crippen LogP) is 1.43. The Kier molecular flexibility index (Phi) is 2.27. The molecule has 1 heterocycles. The smallest absolute Gasteiger partial charge is 0.0572 e. The highest BCUT2D eigenvalue weighted by atomic mass is 14.8. The first kappa shape index (κ1) is 9.24. The van der Waals surface area contributed by atoms with Gasteiger partial charge in [0, 0.05) is 17.8 Å². The lowest BCUT2D eigenvalue weighted by atomic mass is 10.1. The third-order valence-corrected chi connectivity index (χ3v) is 2.45.